The van der Waals surface area contributed by atoms with Gasteiger partial charge in [-0.1, -0.05) is 59.2 Å². The molecular formula is C39H54N2O6. The number of ether oxygens (including phenoxy) is 1. The van der Waals surface area contributed by atoms with Crippen LogP contribution in [0.2, 0.25) is 0 Å². The maximum atomic E-state index is 14.7. The van der Waals surface area contributed by atoms with E-state index in [1.807, 2.05) is 13.0 Å². The number of benzene rings is 1. The summed E-state index contributed by atoms with van der Waals surface area (Å²) in [6.45, 7) is 16.0. The van der Waals surface area contributed by atoms with E-state index in [0.717, 1.165) is 57.8 Å². The van der Waals surface area contributed by atoms with E-state index in [0.29, 0.717) is 0 Å². The molecule has 1 aromatic carbocycles. The summed E-state index contributed by atoms with van der Waals surface area (Å²) in [6.07, 6.45) is 10.1. The number of carbonyl (C=O) groups excluding carboxylic acids is 3. The summed E-state index contributed by atoms with van der Waals surface area (Å²) in [5.41, 5.74) is 0.231. The van der Waals surface area contributed by atoms with Crippen LogP contribution in [0.1, 0.15) is 117 Å². The Labute approximate surface area is 279 Å². The van der Waals surface area contributed by atoms with Gasteiger partial charge in [-0.2, -0.15) is 0 Å². The lowest BCUT2D eigenvalue weighted by molar-refractivity contribution is -0.189. The number of amides is 2. The highest BCUT2D eigenvalue weighted by Gasteiger charge is 2.70. The van der Waals surface area contributed by atoms with Crippen LogP contribution in [0.5, 0.6) is 0 Å². The second-order valence-corrected chi connectivity index (χ2v) is 17.6. The van der Waals surface area contributed by atoms with E-state index in [-0.39, 0.29) is 73.9 Å². The van der Waals surface area contributed by atoms with Crippen LogP contribution in [-0.2, 0) is 14.3 Å². The van der Waals surface area contributed by atoms with Crippen molar-refractivity contribution in [1.82, 2.24) is 5.32 Å². The van der Waals surface area contributed by atoms with Gasteiger partial charge in [0.2, 0.25) is 0 Å². The number of aromatic carboxylic acids is 1. The van der Waals surface area contributed by atoms with Gasteiger partial charge in [0.1, 0.15) is 0 Å². The lowest BCUT2D eigenvalue weighted by atomic mass is 9.33. The van der Waals surface area contributed by atoms with Gasteiger partial charge in [-0.3, -0.25) is 9.59 Å². The van der Waals surface area contributed by atoms with E-state index >= 15 is 0 Å². The van der Waals surface area contributed by atoms with Crippen LogP contribution < -0.4 is 10.6 Å². The van der Waals surface area contributed by atoms with Gasteiger partial charge in [0.05, 0.1) is 23.8 Å². The highest BCUT2D eigenvalue weighted by molar-refractivity contribution is 6.00. The van der Waals surface area contributed by atoms with Crippen molar-refractivity contribution in [3.05, 3.63) is 41.5 Å². The summed E-state index contributed by atoms with van der Waals surface area (Å²) >= 11 is 0. The fourth-order valence-electron chi connectivity index (χ4n) is 12.0. The lowest BCUT2D eigenvalue weighted by Crippen LogP contribution is -2.67. The predicted octanol–water partition coefficient (Wildman–Crippen LogP) is 8.03. The van der Waals surface area contributed by atoms with Crippen LogP contribution in [0.3, 0.4) is 0 Å². The molecule has 3 N–H and O–H groups in total. The first-order valence-electron chi connectivity index (χ1n) is 17.6. The lowest BCUT2D eigenvalue weighted by Gasteiger charge is -2.70. The number of methoxy groups -OCH3 is 1. The van der Waals surface area contributed by atoms with Crippen molar-refractivity contribution in [2.24, 2.45) is 50.2 Å². The molecule has 0 bridgehead atoms. The Morgan fingerprint density at radius 2 is 1.57 bits per heavy atom. The summed E-state index contributed by atoms with van der Waals surface area (Å²) < 4.78 is 5.28. The van der Waals surface area contributed by atoms with Crippen LogP contribution >= 0.6 is 0 Å². The molecule has 8 heteroatoms. The predicted molar refractivity (Wildman–Crippen MR) is 181 cm³/mol. The van der Waals surface area contributed by atoms with Crippen LogP contribution in [0.4, 0.5) is 10.5 Å². The van der Waals surface area contributed by atoms with Gasteiger partial charge in [-0.25, -0.2) is 9.59 Å². The number of para-hydroxylation sites is 1. The Bertz CT molecular complexity index is 1550. The quantitative estimate of drug-likeness (QED) is 0.285. The number of allylic oxidation sites excluding steroid dienone is 2. The average molecular weight is 647 g/mol. The molecule has 256 valence electrons. The van der Waals surface area contributed by atoms with E-state index in [2.05, 4.69) is 52.2 Å². The molecular weight excluding hydrogens is 592 g/mol. The van der Waals surface area contributed by atoms with Gasteiger partial charge in [0, 0.05) is 12.0 Å². The Hall–Kier alpha value is -3.16. The number of urea groups is 1. The zero-order chi connectivity index (χ0) is 34.4. The average Bonchev–Trinajstić information content (AvgIpc) is 3.00. The number of fused-ring (bicyclic) bond motifs is 7. The van der Waals surface area contributed by atoms with Crippen molar-refractivity contribution in [1.29, 1.82) is 0 Å². The number of hydrogen-bond acceptors (Lipinski definition) is 5. The summed E-state index contributed by atoms with van der Waals surface area (Å²) in [7, 11) is 1.48. The molecule has 6 rings (SSSR count). The molecule has 5 aliphatic rings. The minimum absolute atomic E-state index is 0.0487. The van der Waals surface area contributed by atoms with Crippen molar-refractivity contribution in [3.63, 3.8) is 0 Å². The highest BCUT2D eigenvalue weighted by Crippen LogP contribution is 2.75. The third kappa shape index (κ3) is 4.81. The summed E-state index contributed by atoms with van der Waals surface area (Å²) in [6, 6.07) is 5.88. The molecule has 1 aromatic rings. The van der Waals surface area contributed by atoms with Crippen molar-refractivity contribution < 1.29 is 29.0 Å². The van der Waals surface area contributed by atoms with Gasteiger partial charge >= 0.3 is 18.0 Å². The third-order valence-corrected chi connectivity index (χ3v) is 15.0. The zero-order valence-corrected chi connectivity index (χ0v) is 29.5. The topological polar surface area (TPSA) is 122 Å². The maximum Gasteiger partial charge on any atom is 0.337 e. The third-order valence-electron chi connectivity index (χ3n) is 15.0. The summed E-state index contributed by atoms with van der Waals surface area (Å²) in [5, 5.41) is 15.5. The van der Waals surface area contributed by atoms with Gasteiger partial charge in [0.15, 0.2) is 5.78 Å². The first kappa shape index (κ1) is 33.7. The molecule has 5 aliphatic carbocycles. The molecule has 4 saturated carbocycles. The molecule has 47 heavy (non-hydrogen) atoms. The van der Waals surface area contributed by atoms with Crippen LogP contribution in [0.15, 0.2) is 35.9 Å². The van der Waals surface area contributed by atoms with Crippen molar-refractivity contribution in [3.8, 4) is 0 Å². The van der Waals surface area contributed by atoms with E-state index in [9.17, 15) is 24.3 Å². The van der Waals surface area contributed by atoms with Crippen molar-refractivity contribution >= 4 is 29.4 Å². The number of esters is 1. The van der Waals surface area contributed by atoms with E-state index in [1.54, 1.807) is 18.2 Å². The van der Waals surface area contributed by atoms with Crippen molar-refractivity contribution in [2.45, 2.75) is 112 Å². The zero-order valence-electron chi connectivity index (χ0n) is 29.5. The van der Waals surface area contributed by atoms with Crippen LogP contribution in [0.25, 0.3) is 0 Å². The normalized spacial score (nSPS) is 42.0. The molecule has 1 unspecified atom stereocenters. The Balaban J connectivity index is 1.29. The molecule has 0 aromatic heterocycles. The van der Waals surface area contributed by atoms with E-state index in [1.165, 1.54) is 18.7 Å². The molecule has 0 aliphatic heterocycles. The molecule has 0 heterocycles. The number of ketones is 1. The number of carboxylic acid groups (broad SMARTS) is 1. The SMILES string of the molecule is COC(=O)[C@@]1(C)CC[C@]2(C)CC[C@]3(C)C(=CC(=O)[C@@H]4[C@@]5(C)CCC(NC(=O)Nc6ccccc6C(=O)O)C(C)(C)[C@@H]5CC[C@]43C)[C@H]2C1. The number of rotatable bonds is 4. The van der Waals surface area contributed by atoms with E-state index in [4.69, 9.17) is 4.74 Å². The fourth-order valence-corrected chi connectivity index (χ4v) is 12.0. The van der Waals surface area contributed by atoms with Gasteiger partial charge in [-0.05, 0) is 122 Å². The highest BCUT2D eigenvalue weighted by atomic mass is 16.5. The Morgan fingerprint density at radius 3 is 2.26 bits per heavy atom. The van der Waals surface area contributed by atoms with Crippen LogP contribution in [-0.4, -0.2) is 42.0 Å². The second-order valence-electron chi connectivity index (χ2n) is 17.6. The van der Waals surface area contributed by atoms with Gasteiger partial charge in [0.25, 0.3) is 0 Å². The monoisotopic (exact) mass is 646 g/mol. The fraction of sp³-hybridized carbons (Fsp3) is 0.692. The largest absolute Gasteiger partial charge is 0.478 e. The molecule has 0 saturated heterocycles. The smallest absolute Gasteiger partial charge is 0.337 e. The van der Waals surface area contributed by atoms with E-state index < -0.39 is 17.4 Å². The van der Waals surface area contributed by atoms with Crippen molar-refractivity contribution in [2.75, 3.05) is 12.4 Å². The number of anilines is 1. The summed E-state index contributed by atoms with van der Waals surface area (Å²) in [5.74, 6) is -0.726. The maximum absolute atomic E-state index is 14.7. The molecule has 8 nitrogen and oxygen atoms in total. The standard InChI is InChI=1S/C39H54N2O6/c1-34(2)28-13-16-39(7)30(37(28,5)15-14-29(34)41-33(46)40-26-12-10-9-11-23(26)31(43)44)27(42)21-24-25-22-36(4,32(45)47-8)18-17-35(25,3)19-20-38(24,39)6/h9-12,21,25,28-30H,13-20,22H2,1-8H3,(H,43,44)(H2,40,41,46)/t25-,28+,29?,30-,35-,36+,37+,38-,39-/m1/s1. The minimum atomic E-state index is -1.09. The second kappa shape index (κ2) is 10.9. The first-order chi connectivity index (χ1) is 21.9. The van der Waals surface area contributed by atoms with Gasteiger partial charge < -0.3 is 20.5 Å². The Morgan fingerprint density at radius 1 is 0.894 bits per heavy atom. The molecule has 2 amide bonds. The number of hydrogen-bond donors (Lipinski definition) is 3. The van der Waals surface area contributed by atoms with Crippen LogP contribution in [0, 0.1) is 50.2 Å². The molecule has 0 spiro atoms. The Kier molecular flexibility index (Phi) is 7.84. The molecule has 0 radical (unpaired) electrons. The van der Waals surface area contributed by atoms with Gasteiger partial charge in [-0.15, -0.1) is 0 Å². The number of carboxylic acids is 1. The summed E-state index contributed by atoms with van der Waals surface area (Å²) in [4.78, 5) is 52.6. The minimum Gasteiger partial charge on any atom is -0.478 e. The molecule has 4 fully saturated rings. The number of carbonyl (C=O) groups is 4. The molecule has 9 atom stereocenters. The number of nitrogens with one attached hydrogen (secondary N) is 2. The first-order valence-corrected chi connectivity index (χ1v) is 17.6.